The van der Waals surface area contributed by atoms with Crippen molar-refractivity contribution in [1.29, 1.82) is 0 Å². The van der Waals surface area contributed by atoms with E-state index in [9.17, 15) is 9.90 Å². The van der Waals surface area contributed by atoms with E-state index in [-0.39, 0.29) is 24.2 Å². The Bertz CT molecular complexity index is 441. The minimum absolute atomic E-state index is 0.0251. The molecule has 0 aromatic carbocycles. The van der Waals surface area contributed by atoms with Crippen LogP contribution in [0.3, 0.4) is 0 Å². The Morgan fingerprint density at radius 2 is 2.20 bits per heavy atom. The molecule has 1 saturated carbocycles. The van der Waals surface area contributed by atoms with E-state index in [0.717, 1.165) is 42.8 Å². The van der Waals surface area contributed by atoms with Gasteiger partial charge in [-0.3, -0.25) is 0 Å². The first-order chi connectivity index (χ1) is 9.58. The predicted molar refractivity (Wildman–Crippen MR) is 79.8 cm³/mol. The monoisotopic (exact) mass is 297 g/mol. The van der Waals surface area contributed by atoms with Crippen molar-refractivity contribution in [3.05, 3.63) is 16.1 Å². The second kappa shape index (κ2) is 7.04. The molecule has 5 nitrogen and oxygen atoms in total. The van der Waals surface area contributed by atoms with Crippen LogP contribution in [-0.4, -0.2) is 28.3 Å². The number of aliphatic hydroxyl groups excluding tert-OH is 1. The number of nitrogens with zero attached hydrogens (tertiary/aromatic N) is 1. The number of urea groups is 1. The van der Waals surface area contributed by atoms with Crippen molar-refractivity contribution in [3.63, 3.8) is 0 Å². The van der Waals surface area contributed by atoms with Crippen LogP contribution in [0.25, 0.3) is 0 Å². The van der Waals surface area contributed by atoms with Crippen LogP contribution in [-0.2, 0) is 0 Å². The fourth-order valence-corrected chi connectivity index (χ4v) is 3.41. The summed E-state index contributed by atoms with van der Waals surface area (Å²) < 4.78 is 0. The number of carbonyl (C=O) groups is 1. The maximum atomic E-state index is 12.0. The molecule has 1 aliphatic carbocycles. The molecule has 0 radical (unpaired) electrons. The molecule has 112 valence electrons. The zero-order valence-electron chi connectivity index (χ0n) is 12.1. The van der Waals surface area contributed by atoms with Gasteiger partial charge in [-0.2, -0.15) is 0 Å². The van der Waals surface area contributed by atoms with E-state index in [4.69, 9.17) is 0 Å². The van der Waals surface area contributed by atoms with Crippen LogP contribution in [0.1, 0.15) is 55.8 Å². The van der Waals surface area contributed by atoms with Gasteiger partial charge in [0.25, 0.3) is 0 Å². The number of carbonyl (C=O) groups excluding carboxylic acids is 1. The molecule has 1 aromatic heterocycles. The molecule has 1 heterocycles. The highest BCUT2D eigenvalue weighted by Gasteiger charge is 2.22. The molecule has 20 heavy (non-hydrogen) atoms. The SMILES string of the molecule is CCC(NC(=O)NC1CCC(O)CC1)c1nc(C)cs1. The lowest BCUT2D eigenvalue weighted by Crippen LogP contribution is -2.45. The second-order valence-corrected chi connectivity index (χ2v) is 6.30. The molecule has 1 aromatic rings. The number of aryl methyl sites for hydroxylation is 1. The third kappa shape index (κ3) is 4.18. The molecule has 0 saturated heterocycles. The van der Waals surface area contributed by atoms with Gasteiger partial charge in [-0.1, -0.05) is 6.92 Å². The van der Waals surface area contributed by atoms with Crippen LogP contribution in [0.4, 0.5) is 4.79 Å². The predicted octanol–water partition coefficient (Wildman–Crippen LogP) is 2.51. The van der Waals surface area contributed by atoms with Gasteiger partial charge < -0.3 is 15.7 Å². The van der Waals surface area contributed by atoms with Gasteiger partial charge in [-0.25, -0.2) is 9.78 Å². The lowest BCUT2D eigenvalue weighted by Gasteiger charge is -2.27. The van der Waals surface area contributed by atoms with Gasteiger partial charge in [0.15, 0.2) is 0 Å². The average molecular weight is 297 g/mol. The molecular weight excluding hydrogens is 274 g/mol. The van der Waals surface area contributed by atoms with Crippen molar-refractivity contribution in [2.45, 2.75) is 64.1 Å². The fraction of sp³-hybridized carbons (Fsp3) is 0.714. The zero-order chi connectivity index (χ0) is 14.5. The summed E-state index contributed by atoms with van der Waals surface area (Å²) in [5, 5.41) is 18.4. The smallest absolute Gasteiger partial charge is 0.315 e. The molecule has 1 unspecified atom stereocenters. The summed E-state index contributed by atoms with van der Waals surface area (Å²) in [5.74, 6) is 0. The Labute approximate surface area is 123 Å². The molecule has 1 fully saturated rings. The highest BCUT2D eigenvalue weighted by atomic mass is 32.1. The van der Waals surface area contributed by atoms with Crippen LogP contribution in [0.15, 0.2) is 5.38 Å². The molecule has 1 aliphatic rings. The number of hydrogen-bond donors (Lipinski definition) is 3. The van der Waals surface area contributed by atoms with Crippen LogP contribution >= 0.6 is 11.3 Å². The van der Waals surface area contributed by atoms with E-state index in [2.05, 4.69) is 15.6 Å². The van der Waals surface area contributed by atoms with E-state index < -0.39 is 0 Å². The quantitative estimate of drug-likeness (QED) is 0.799. The molecule has 3 N–H and O–H groups in total. The Balaban J connectivity index is 1.83. The average Bonchev–Trinajstić information content (AvgIpc) is 2.85. The van der Waals surface area contributed by atoms with E-state index in [0.29, 0.717) is 0 Å². The summed E-state index contributed by atoms with van der Waals surface area (Å²) in [6, 6.07) is 0.0166. The summed E-state index contributed by atoms with van der Waals surface area (Å²) in [5.41, 5.74) is 0.993. The summed E-state index contributed by atoms with van der Waals surface area (Å²) in [7, 11) is 0. The molecule has 2 rings (SSSR count). The van der Waals surface area contributed by atoms with Crippen molar-refractivity contribution in [3.8, 4) is 0 Å². The van der Waals surface area contributed by atoms with Gasteiger partial charge in [0, 0.05) is 17.1 Å². The largest absolute Gasteiger partial charge is 0.393 e. The van der Waals surface area contributed by atoms with E-state index in [1.54, 1.807) is 11.3 Å². The topological polar surface area (TPSA) is 74.2 Å². The molecule has 0 aliphatic heterocycles. The third-order valence-electron chi connectivity index (χ3n) is 3.68. The van der Waals surface area contributed by atoms with Crippen molar-refractivity contribution >= 4 is 17.4 Å². The molecule has 2 amide bonds. The molecular formula is C14H23N3O2S. The highest BCUT2D eigenvalue weighted by molar-refractivity contribution is 7.09. The minimum Gasteiger partial charge on any atom is -0.393 e. The Morgan fingerprint density at radius 1 is 1.50 bits per heavy atom. The van der Waals surface area contributed by atoms with E-state index in [1.807, 2.05) is 19.2 Å². The van der Waals surface area contributed by atoms with Crippen molar-refractivity contribution in [2.75, 3.05) is 0 Å². The Kier molecular flexibility index (Phi) is 5.37. The molecule has 0 spiro atoms. The van der Waals surface area contributed by atoms with Crippen LogP contribution in [0, 0.1) is 6.92 Å². The normalized spacial score (nSPS) is 24.1. The minimum atomic E-state index is -0.196. The Hall–Kier alpha value is -1.14. The first kappa shape index (κ1) is 15.3. The van der Waals surface area contributed by atoms with Crippen LogP contribution in [0.5, 0.6) is 0 Å². The van der Waals surface area contributed by atoms with Crippen LogP contribution in [0.2, 0.25) is 0 Å². The summed E-state index contributed by atoms with van der Waals surface area (Å²) in [4.78, 5) is 16.5. The maximum absolute atomic E-state index is 12.0. The fourth-order valence-electron chi connectivity index (χ4n) is 2.48. The third-order valence-corrected chi connectivity index (χ3v) is 4.76. The first-order valence-corrected chi connectivity index (χ1v) is 8.13. The summed E-state index contributed by atoms with van der Waals surface area (Å²) in [6.45, 7) is 4.00. The van der Waals surface area contributed by atoms with Crippen molar-refractivity contribution in [1.82, 2.24) is 15.6 Å². The number of aromatic nitrogens is 1. The number of amides is 2. The standard InChI is InChI=1S/C14H23N3O2S/c1-3-12(13-15-9(2)8-20-13)17-14(19)16-10-4-6-11(18)7-5-10/h8,10-12,18H,3-7H2,1-2H3,(H2,16,17,19). The van der Waals surface area contributed by atoms with Gasteiger partial charge in [-0.05, 0) is 39.0 Å². The van der Waals surface area contributed by atoms with Gasteiger partial charge in [0.05, 0.1) is 12.1 Å². The second-order valence-electron chi connectivity index (χ2n) is 5.41. The summed E-state index contributed by atoms with van der Waals surface area (Å²) >= 11 is 1.58. The van der Waals surface area contributed by atoms with Gasteiger partial charge in [0.1, 0.15) is 5.01 Å². The van der Waals surface area contributed by atoms with Crippen molar-refractivity contribution in [2.24, 2.45) is 0 Å². The Morgan fingerprint density at radius 3 is 2.75 bits per heavy atom. The van der Waals surface area contributed by atoms with Gasteiger partial charge in [-0.15, -0.1) is 11.3 Å². The molecule has 0 bridgehead atoms. The van der Waals surface area contributed by atoms with Gasteiger partial charge >= 0.3 is 6.03 Å². The lowest BCUT2D eigenvalue weighted by atomic mass is 9.93. The van der Waals surface area contributed by atoms with Gasteiger partial charge in [0.2, 0.25) is 0 Å². The number of rotatable bonds is 4. The lowest BCUT2D eigenvalue weighted by molar-refractivity contribution is 0.117. The maximum Gasteiger partial charge on any atom is 0.315 e. The highest BCUT2D eigenvalue weighted by Crippen LogP contribution is 2.21. The number of thiazole rings is 1. The number of aliphatic hydroxyl groups is 1. The summed E-state index contributed by atoms with van der Waals surface area (Å²) in [6.07, 6.45) is 3.87. The number of nitrogens with one attached hydrogen (secondary N) is 2. The van der Waals surface area contributed by atoms with E-state index in [1.165, 1.54) is 0 Å². The van der Waals surface area contributed by atoms with Crippen LogP contribution < -0.4 is 10.6 Å². The first-order valence-electron chi connectivity index (χ1n) is 7.25. The molecule has 1 atom stereocenters. The van der Waals surface area contributed by atoms with Crippen molar-refractivity contribution < 1.29 is 9.90 Å². The van der Waals surface area contributed by atoms with E-state index >= 15 is 0 Å². The molecule has 6 heteroatoms. The number of hydrogen-bond acceptors (Lipinski definition) is 4. The zero-order valence-corrected chi connectivity index (χ0v) is 12.9.